The van der Waals surface area contributed by atoms with Gasteiger partial charge in [-0.05, 0) is 44.0 Å². The Balaban J connectivity index is 2.51. The van der Waals surface area contributed by atoms with E-state index < -0.39 is 9.04 Å². The average molecular weight is 292 g/mol. The molecule has 20 heavy (non-hydrogen) atoms. The van der Waals surface area contributed by atoms with Crippen LogP contribution in [0.5, 0.6) is 0 Å². The van der Waals surface area contributed by atoms with E-state index in [-0.39, 0.29) is 5.97 Å². The molecular weight excluding hydrogens is 268 g/mol. The monoisotopic (exact) mass is 292 g/mol. The summed E-state index contributed by atoms with van der Waals surface area (Å²) in [6.45, 7) is 10.6. The van der Waals surface area contributed by atoms with Gasteiger partial charge < -0.3 is 9.16 Å². The Morgan fingerprint density at radius 3 is 2.70 bits per heavy atom. The number of hydrogen-bond donors (Lipinski definition) is 0. The third-order valence-corrected chi connectivity index (χ3v) is 5.35. The molecular formula is C16H24O3Si. The number of carbonyl (C=O) groups excluding carboxylic acids is 1. The first kappa shape index (κ1) is 16.7. The van der Waals surface area contributed by atoms with Crippen LogP contribution in [0.3, 0.4) is 0 Å². The van der Waals surface area contributed by atoms with Gasteiger partial charge in [-0.25, -0.2) is 4.79 Å². The van der Waals surface area contributed by atoms with Crippen LogP contribution in [0.2, 0.25) is 6.55 Å². The highest BCUT2D eigenvalue weighted by molar-refractivity contribution is 6.66. The number of carbonyl (C=O) groups is 1. The van der Waals surface area contributed by atoms with E-state index in [2.05, 4.69) is 31.3 Å². The lowest BCUT2D eigenvalue weighted by molar-refractivity contribution is -0.139. The van der Waals surface area contributed by atoms with Crippen LogP contribution in [-0.2, 0) is 20.4 Å². The lowest BCUT2D eigenvalue weighted by atomic mass is 10.1. The summed E-state index contributed by atoms with van der Waals surface area (Å²) >= 11 is 0. The number of aryl methyl sites for hydroxylation is 1. The molecule has 4 heteroatoms. The van der Waals surface area contributed by atoms with Gasteiger partial charge in [0.25, 0.3) is 0 Å². The van der Waals surface area contributed by atoms with Crippen molar-refractivity contribution >= 4 is 20.2 Å². The van der Waals surface area contributed by atoms with Crippen molar-refractivity contribution in [2.45, 2.75) is 33.2 Å². The molecule has 1 aromatic rings. The SMILES string of the molecule is C=C(C)C(=O)OCCCc1ccccc1[SiH](C)OCC. The van der Waals surface area contributed by atoms with Gasteiger partial charge in [0.15, 0.2) is 0 Å². The maximum Gasteiger partial charge on any atom is 0.333 e. The molecule has 0 aliphatic carbocycles. The van der Waals surface area contributed by atoms with Crippen molar-refractivity contribution in [3.05, 3.63) is 42.0 Å². The molecule has 0 amide bonds. The van der Waals surface area contributed by atoms with Gasteiger partial charge >= 0.3 is 5.97 Å². The van der Waals surface area contributed by atoms with Gasteiger partial charge in [0, 0.05) is 12.2 Å². The number of esters is 1. The Kier molecular flexibility index (Phi) is 7.26. The summed E-state index contributed by atoms with van der Waals surface area (Å²) in [6, 6.07) is 8.40. The van der Waals surface area contributed by atoms with E-state index in [0.717, 1.165) is 19.4 Å². The number of benzene rings is 1. The van der Waals surface area contributed by atoms with Crippen LogP contribution in [0.1, 0.15) is 25.8 Å². The molecule has 3 nitrogen and oxygen atoms in total. The first-order valence-corrected chi connectivity index (χ1v) is 9.28. The highest BCUT2D eigenvalue weighted by Crippen LogP contribution is 2.04. The topological polar surface area (TPSA) is 35.5 Å². The highest BCUT2D eigenvalue weighted by Gasteiger charge is 2.12. The Hall–Kier alpha value is -1.39. The Morgan fingerprint density at radius 2 is 2.05 bits per heavy atom. The van der Waals surface area contributed by atoms with Crippen molar-refractivity contribution in [2.75, 3.05) is 13.2 Å². The Bertz CT molecular complexity index is 457. The zero-order valence-corrected chi connectivity index (χ0v) is 13.8. The van der Waals surface area contributed by atoms with E-state index >= 15 is 0 Å². The van der Waals surface area contributed by atoms with Crippen LogP contribution in [0.15, 0.2) is 36.4 Å². The maximum absolute atomic E-state index is 11.3. The van der Waals surface area contributed by atoms with Gasteiger partial charge in [-0.2, -0.15) is 0 Å². The van der Waals surface area contributed by atoms with Gasteiger partial charge in [0.2, 0.25) is 9.04 Å². The standard InChI is InChI=1S/C16H24O3Si/c1-5-19-20(4)15-11-7-6-9-14(15)10-8-12-18-16(17)13(2)3/h6-7,9,11,20H,2,5,8,10,12H2,1,3-4H3. The van der Waals surface area contributed by atoms with Crippen LogP contribution in [0.25, 0.3) is 0 Å². The molecule has 0 N–H and O–H groups in total. The minimum atomic E-state index is -1.31. The third kappa shape index (κ3) is 5.31. The van der Waals surface area contributed by atoms with Crippen LogP contribution < -0.4 is 5.19 Å². The van der Waals surface area contributed by atoms with Gasteiger partial charge in [-0.3, -0.25) is 0 Å². The molecule has 110 valence electrons. The first-order chi connectivity index (χ1) is 9.56. The maximum atomic E-state index is 11.3. The quantitative estimate of drug-likeness (QED) is 0.319. The molecule has 0 aliphatic heterocycles. The molecule has 1 rings (SSSR count). The van der Waals surface area contributed by atoms with Crippen LogP contribution in [0.4, 0.5) is 0 Å². The lowest BCUT2D eigenvalue weighted by Gasteiger charge is -2.15. The second-order valence-electron chi connectivity index (χ2n) is 4.82. The lowest BCUT2D eigenvalue weighted by Crippen LogP contribution is -2.33. The molecule has 1 unspecified atom stereocenters. The fraction of sp³-hybridized carbons (Fsp3) is 0.438. The molecule has 0 aromatic heterocycles. The molecule has 0 saturated carbocycles. The van der Waals surface area contributed by atoms with Crippen LogP contribution >= 0.6 is 0 Å². The summed E-state index contributed by atoms with van der Waals surface area (Å²) in [5, 5.41) is 1.35. The van der Waals surface area contributed by atoms with E-state index in [1.165, 1.54) is 10.8 Å². The van der Waals surface area contributed by atoms with E-state index in [9.17, 15) is 4.79 Å². The smallest absolute Gasteiger partial charge is 0.333 e. The highest BCUT2D eigenvalue weighted by atomic mass is 28.3. The summed E-state index contributed by atoms with van der Waals surface area (Å²) < 4.78 is 10.9. The van der Waals surface area contributed by atoms with Gasteiger partial charge in [-0.1, -0.05) is 30.8 Å². The van der Waals surface area contributed by atoms with Crippen molar-refractivity contribution in [3.63, 3.8) is 0 Å². The predicted octanol–water partition coefficient (Wildman–Crippen LogP) is 2.34. The predicted molar refractivity (Wildman–Crippen MR) is 84.8 cm³/mol. The fourth-order valence-electron chi connectivity index (χ4n) is 2.05. The zero-order chi connectivity index (χ0) is 15.0. The molecule has 0 heterocycles. The summed E-state index contributed by atoms with van der Waals surface area (Å²) in [5.41, 5.74) is 1.76. The van der Waals surface area contributed by atoms with E-state index in [1.54, 1.807) is 6.92 Å². The largest absolute Gasteiger partial charge is 0.462 e. The second kappa shape index (κ2) is 8.71. The van der Waals surface area contributed by atoms with Gasteiger partial charge in [-0.15, -0.1) is 0 Å². The van der Waals surface area contributed by atoms with Crippen molar-refractivity contribution in [1.82, 2.24) is 0 Å². The van der Waals surface area contributed by atoms with E-state index in [1.807, 2.05) is 13.0 Å². The summed E-state index contributed by atoms with van der Waals surface area (Å²) in [6.07, 6.45) is 1.73. The van der Waals surface area contributed by atoms with Crippen molar-refractivity contribution in [2.24, 2.45) is 0 Å². The number of ether oxygens (including phenoxy) is 1. The van der Waals surface area contributed by atoms with E-state index in [0.29, 0.717) is 12.2 Å². The molecule has 0 spiro atoms. The minimum absolute atomic E-state index is 0.310. The Labute approximate surface area is 123 Å². The number of rotatable bonds is 8. The van der Waals surface area contributed by atoms with Crippen molar-refractivity contribution in [3.8, 4) is 0 Å². The molecule has 0 radical (unpaired) electrons. The molecule has 1 atom stereocenters. The molecule has 0 aliphatic rings. The minimum Gasteiger partial charge on any atom is -0.462 e. The normalized spacial score (nSPS) is 11.9. The fourth-order valence-corrected chi connectivity index (χ4v) is 3.87. The average Bonchev–Trinajstić information content (AvgIpc) is 2.43. The summed E-state index contributed by atoms with van der Waals surface area (Å²) in [4.78, 5) is 11.3. The van der Waals surface area contributed by atoms with Gasteiger partial charge in [0.05, 0.1) is 6.61 Å². The van der Waals surface area contributed by atoms with Crippen molar-refractivity contribution < 1.29 is 14.0 Å². The summed E-state index contributed by atoms with van der Waals surface area (Å²) in [7, 11) is -1.31. The van der Waals surface area contributed by atoms with Gasteiger partial charge in [0.1, 0.15) is 0 Å². The van der Waals surface area contributed by atoms with Crippen LogP contribution in [-0.4, -0.2) is 28.2 Å². The molecule has 0 fully saturated rings. The summed E-state index contributed by atoms with van der Waals surface area (Å²) in [5.74, 6) is -0.310. The van der Waals surface area contributed by atoms with Crippen molar-refractivity contribution in [1.29, 1.82) is 0 Å². The Morgan fingerprint density at radius 1 is 1.35 bits per heavy atom. The van der Waals surface area contributed by atoms with E-state index in [4.69, 9.17) is 9.16 Å². The van der Waals surface area contributed by atoms with Crippen LogP contribution in [0, 0.1) is 0 Å². The molecule has 0 saturated heterocycles. The number of hydrogen-bond acceptors (Lipinski definition) is 3. The second-order valence-corrected chi connectivity index (χ2v) is 7.06. The molecule has 1 aromatic carbocycles. The third-order valence-electron chi connectivity index (χ3n) is 3.08. The first-order valence-electron chi connectivity index (χ1n) is 7.08. The zero-order valence-electron chi connectivity index (χ0n) is 12.6. The molecule has 0 bridgehead atoms.